The minimum absolute atomic E-state index is 0.230. The van der Waals surface area contributed by atoms with E-state index in [1.165, 1.54) is 9.80 Å². The largest absolute Gasteiger partial charge is 0.444 e. The zero-order valence-corrected chi connectivity index (χ0v) is 19.4. The van der Waals surface area contributed by atoms with E-state index in [1.807, 2.05) is 0 Å². The number of rotatable bonds is 9. The fourth-order valence-corrected chi connectivity index (χ4v) is 2.16. The van der Waals surface area contributed by atoms with Gasteiger partial charge in [0, 0.05) is 39.0 Å². The van der Waals surface area contributed by atoms with Crippen LogP contribution in [0.1, 0.15) is 54.4 Å². The predicted molar refractivity (Wildman–Crippen MR) is 118 cm³/mol. The highest BCUT2D eigenvalue weighted by Gasteiger charge is 2.26. The molecule has 0 aromatic heterocycles. The maximum atomic E-state index is 12.5. The molecule has 8 nitrogen and oxygen atoms in total. The first-order chi connectivity index (χ1) is 12.6. The fourth-order valence-electron chi connectivity index (χ4n) is 1.97. The summed E-state index contributed by atoms with van der Waals surface area (Å²) in [7, 11) is 0. The minimum Gasteiger partial charge on any atom is -0.444 e. The summed E-state index contributed by atoms with van der Waals surface area (Å²) in [5, 5.41) is 0. The quantitative estimate of drug-likeness (QED) is 0.533. The van der Waals surface area contributed by atoms with Crippen LogP contribution < -0.4 is 11.5 Å². The van der Waals surface area contributed by atoms with Gasteiger partial charge in [0.25, 0.3) is 0 Å². The average Bonchev–Trinajstić information content (AvgIpc) is 2.45. The minimum atomic E-state index is -0.644. The molecule has 2 amide bonds. The fraction of sp³-hybridized carbons (Fsp3) is 0.778. The van der Waals surface area contributed by atoms with Gasteiger partial charge in [0.15, 0.2) is 0 Å². The molecule has 0 aliphatic heterocycles. The molecule has 0 unspecified atom stereocenters. The zero-order valence-electron chi connectivity index (χ0n) is 17.7. The van der Waals surface area contributed by atoms with Gasteiger partial charge in [-0.1, -0.05) is 24.4 Å². The Bertz CT molecular complexity index is 521. The van der Waals surface area contributed by atoms with Crippen molar-refractivity contribution in [3.63, 3.8) is 0 Å². The van der Waals surface area contributed by atoms with Gasteiger partial charge in [0.2, 0.25) is 0 Å². The van der Waals surface area contributed by atoms with E-state index in [0.29, 0.717) is 35.9 Å². The number of nitrogens with two attached hydrogens (primary N) is 2. The van der Waals surface area contributed by atoms with E-state index in [1.54, 1.807) is 41.5 Å². The number of thiocarbonyl (C=S) groups is 2. The Morgan fingerprint density at radius 3 is 1.21 bits per heavy atom. The van der Waals surface area contributed by atoms with Crippen molar-refractivity contribution in [1.82, 2.24) is 9.80 Å². The van der Waals surface area contributed by atoms with Gasteiger partial charge in [-0.2, -0.15) is 0 Å². The van der Waals surface area contributed by atoms with Crippen LogP contribution in [-0.2, 0) is 9.47 Å². The Labute approximate surface area is 178 Å². The Kier molecular flexibility index (Phi) is 10.7. The molecule has 0 aliphatic carbocycles. The highest BCUT2D eigenvalue weighted by Crippen LogP contribution is 2.13. The van der Waals surface area contributed by atoms with Crippen LogP contribution in [0.15, 0.2) is 0 Å². The van der Waals surface area contributed by atoms with Gasteiger partial charge in [0.1, 0.15) is 11.2 Å². The van der Waals surface area contributed by atoms with E-state index in [0.717, 1.165) is 0 Å². The molecule has 10 heteroatoms. The standard InChI is InChI=1S/C18H34N4O4S2/c1-17(2,3)25-15(23)21(9-7-13(19)27)11-12-22(10-8-14(20)28)16(24)26-18(4,5)6/h7-12H2,1-6H3,(H2,19,27)(H2,20,28). The first kappa shape index (κ1) is 26.3. The summed E-state index contributed by atoms with van der Waals surface area (Å²) in [6, 6.07) is 0. The van der Waals surface area contributed by atoms with Crippen LogP contribution in [0.4, 0.5) is 9.59 Å². The number of carbonyl (C=O) groups excluding carboxylic acids is 2. The van der Waals surface area contributed by atoms with E-state index in [2.05, 4.69) is 0 Å². The number of hydrogen-bond acceptors (Lipinski definition) is 6. The number of hydrogen-bond donors (Lipinski definition) is 2. The molecule has 0 aromatic rings. The summed E-state index contributed by atoms with van der Waals surface area (Å²) >= 11 is 9.81. The molecule has 0 aliphatic rings. The Hall–Kier alpha value is -1.68. The van der Waals surface area contributed by atoms with Crippen molar-refractivity contribution in [2.24, 2.45) is 11.5 Å². The molecule has 4 N–H and O–H groups in total. The van der Waals surface area contributed by atoms with Gasteiger partial charge >= 0.3 is 12.2 Å². The van der Waals surface area contributed by atoms with Gasteiger partial charge in [-0.25, -0.2) is 9.59 Å². The molecular weight excluding hydrogens is 400 g/mol. The van der Waals surface area contributed by atoms with Crippen molar-refractivity contribution in [3.05, 3.63) is 0 Å². The lowest BCUT2D eigenvalue weighted by atomic mass is 10.2. The van der Waals surface area contributed by atoms with Gasteiger partial charge in [-0.05, 0) is 41.5 Å². The van der Waals surface area contributed by atoms with Crippen LogP contribution in [0.2, 0.25) is 0 Å². The highest BCUT2D eigenvalue weighted by atomic mass is 32.1. The molecule has 0 rings (SSSR count). The lowest BCUT2D eigenvalue weighted by molar-refractivity contribution is 0.0142. The summed E-state index contributed by atoms with van der Waals surface area (Å²) in [5.74, 6) is 0. The smallest absolute Gasteiger partial charge is 0.410 e. The van der Waals surface area contributed by atoms with Crippen molar-refractivity contribution < 1.29 is 19.1 Å². The van der Waals surface area contributed by atoms with Crippen LogP contribution in [0, 0.1) is 0 Å². The summed E-state index contributed by atoms with van der Waals surface area (Å²) in [6.45, 7) is 11.7. The number of nitrogens with zero attached hydrogens (tertiary/aromatic N) is 2. The molecule has 0 fully saturated rings. The van der Waals surface area contributed by atoms with Crippen LogP contribution in [-0.4, -0.2) is 69.3 Å². The van der Waals surface area contributed by atoms with Gasteiger partial charge < -0.3 is 30.7 Å². The summed E-state index contributed by atoms with van der Waals surface area (Å²) in [4.78, 5) is 28.5. The third kappa shape index (κ3) is 13.5. The SMILES string of the molecule is CC(C)(C)OC(=O)N(CCC(N)=S)CCN(CCC(N)=S)C(=O)OC(C)(C)C. The average molecular weight is 435 g/mol. The molecule has 0 bridgehead atoms. The van der Waals surface area contributed by atoms with Crippen LogP contribution in [0.5, 0.6) is 0 Å². The molecule has 0 atom stereocenters. The molecule has 0 saturated heterocycles. The van der Waals surface area contributed by atoms with E-state index < -0.39 is 23.4 Å². The third-order valence-corrected chi connectivity index (χ3v) is 3.61. The molecular formula is C18H34N4O4S2. The van der Waals surface area contributed by atoms with Gasteiger partial charge in [0.05, 0.1) is 9.98 Å². The predicted octanol–water partition coefficient (Wildman–Crippen LogP) is 2.81. The summed E-state index contributed by atoms with van der Waals surface area (Å²) in [5.41, 5.74) is 9.84. The van der Waals surface area contributed by atoms with Crippen molar-refractivity contribution in [2.75, 3.05) is 26.2 Å². The van der Waals surface area contributed by atoms with Crippen molar-refractivity contribution in [1.29, 1.82) is 0 Å². The number of ether oxygens (including phenoxy) is 2. The van der Waals surface area contributed by atoms with E-state index in [4.69, 9.17) is 45.4 Å². The first-order valence-corrected chi connectivity index (χ1v) is 9.95. The van der Waals surface area contributed by atoms with Gasteiger partial charge in [-0.3, -0.25) is 0 Å². The van der Waals surface area contributed by atoms with Crippen molar-refractivity contribution in [2.45, 2.75) is 65.6 Å². The summed E-state index contributed by atoms with van der Waals surface area (Å²) in [6.07, 6.45) is -0.286. The molecule has 0 spiro atoms. The first-order valence-electron chi connectivity index (χ1n) is 9.13. The maximum absolute atomic E-state index is 12.5. The molecule has 0 radical (unpaired) electrons. The lowest BCUT2D eigenvalue weighted by Crippen LogP contribution is -2.45. The monoisotopic (exact) mass is 434 g/mol. The second kappa shape index (κ2) is 11.4. The Morgan fingerprint density at radius 1 is 0.714 bits per heavy atom. The summed E-state index contributed by atoms with van der Waals surface area (Å²) < 4.78 is 10.9. The third-order valence-electron chi connectivity index (χ3n) is 3.20. The topological polar surface area (TPSA) is 111 Å². The second-order valence-electron chi connectivity index (χ2n) is 8.37. The van der Waals surface area contributed by atoms with E-state index >= 15 is 0 Å². The molecule has 28 heavy (non-hydrogen) atoms. The molecule has 0 aromatic carbocycles. The molecule has 0 heterocycles. The molecule has 162 valence electrons. The van der Waals surface area contributed by atoms with E-state index in [-0.39, 0.29) is 13.1 Å². The second-order valence-corrected chi connectivity index (χ2v) is 9.42. The Balaban J connectivity index is 5.18. The van der Waals surface area contributed by atoms with Crippen molar-refractivity contribution in [3.8, 4) is 0 Å². The Morgan fingerprint density at radius 2 is 1.00 bits per heavy atom. The normalized spacial score (nSPS) is 11.5. The number of carbonyl (C=O) groups is 2. The van der Waals surface area contributed by atoms with Crippen LogP contribution in [0.25, 0.3) is 0 Å². The number of amides is 2. The zero-order chi connectivity index (χ0) is 22.1. The molecule has 0 saturated carbocycles. The van der Waals surface area contributed by atoms with Crippen LogP contribution in [0.3, 0.4) is 0 Å². The van der Waals surface area contributed by atoms with Crippen LogP contribution >= 0.6 is 24.4 Å². The maximum Gasteiger partial charge on any atom is 0.410 e. The van der Waals surface area contributed by atoms with E-state index in [9.17, 15) is 9.59 Å². The van der Waals surface area contributed by atoms with Gasteiger partial charge in [-0.15, -0.1) is 0 Å². The lowest BCUT2D eigenvalue weighted by Gasteiger charge is -2.31. The highest BCUT2D eigenvalue weighted by molar-refractivity contribution is 7.80. The van der Waals surface area contributed by atoms with Crippen molar-refractivity contribution >= 4 is 46.6 Å².